The molecule has 0 bridgehead atoms. The van der Waals surface area contributed by atoms with Crippen LogP contribution in [0.3, 0.4) is 0 Å². The van der Waals surface area contributed by atoms with E-state index in [4.69, 9.17) is 14.4 Å². The van der Waals surface area contributed by atoms with Crippen molar-refractivity contribution in [2.45, 2.75) is 0 Å². The summed E-state index contributed by atoms with van der Waals surface area (Å²) in [6, 6.07) is 72.0. The van der Waals surface area contributed by atoms with Crippen molar-refractivity contribution in [2.24, 2.45) is 0 Å². The third kappa shape index (κ3) is 5.24. The highest BCUT2D eigenvalue weighted by Gasteiger charge is 2.27. The van der Waals surface area contributed by atoms with Crippen molar-refractivity contribution in [2.75, 3.05) is 0 Å². The molecule has 6 aromatic heterocycles. The van der Waals surface area contributed by atoms with Gasteiger partial charge in [-0.15, -0.1) is 11.3 Å². The second kappa shape index (κ2) is 14.2. The van der Waals surface area contributed by atoms with Gasteiger partial charge in [0, 0.05) is 81.5 Å². The van der Waals surface area contributed by atoms with Crippen LogP contribution in [0, 0.1) is 0 Å². The lowest BCUT2D eigenvalue weighted by atomic mass is 9.98. The van der Waals surface area contributed by atoms with Gasteiger partial charge in [-0.1, -0.05) is 152 Å². The minimum absolute atomic E-state index is 0.642. The first kappa shape index (κ1) is 37.9. The van der Waals surface area contributed by atoms with Crippen LogP contribution in [0.1, 0.15) is 0 Å². The normalized spacial score (nSPS) is 12.3. The number of hydrogen-bond donors (Lipinski definition) is 0. The third-order valence-electron chi connectivity index (χ3n) is 14.6. The molecule has 16 rings (SSSR count). The molecule has 0 amide bonds. The van der Waals surface area contributed by atoms with E-state index in [1.54, 1.807) is 0 Å². The van der Waals surface area contributed by atoms with Crippen LogP contribution in [0.2, 0.25) is 0 Å². The van der Waals surface area contributed by atoms with E-state index in [2.05, 4.69) is 196 Å². The van der Waals surface area contributed by atoms with Gasteiger partial charge in [0.15, 0.2) is 17.2 Å². The van der Waals surface area contributed by atoms with Gasteiger partial charge in [0.05, 0.1) is 22.1 Å². The quantitative estimate of drug-likeness (QED) is 0.176. The van der Waals surface area contributed by atoms with Crippen molar-refractivity contribution in [3.8, 4) is 34.0 Å². The van der Waals surface area contributed by atoms with Crippen LogP contribution in [0.4, 0.5) is 0 Å². The van der Waals surface area contributed by atoms with Crippen molar-refractivity contribution in [1.29, 1.82) is 0 Å². The summed E-state index contributed by atoms with van der Waals surface area (Å²) in [6.45, 7) is 0. The zero-order valence-electron chi connectivity index (χ0n) is 37.3. The molecule has 0 aliphatic carbocycles. The van der Waals surface area contributed by atoms with Crippen LogP contribution in [0.25, 0.3) is 152 Å². The lowest BCUT2D eigenvalue weighted by Gasteiger charge is -2.12. The molecule has 7 heteroatoms. The number of benzene rings is 10. The van der Waals surface area contributed by atoms with E-state index in [-0.39, 0.29) is 0 Å². The summed E-state index contributed by atoms with van der Waals surface area (Å²) in [5.41, 5.74) is 10.9. The summed E-state index contributed by atoms with van der Waals surface area (Å²) in [5.74, 6) is 1.35. The predicted molar refractivity (Wildman–Crippen MR) is 292 cm³/mol. The number of furan rings is 1. The van der Waals surface area contributed by atoms with Crippen LogP contribution in [-0.2, 0) is 0 Å². The highest BCUT2D eigenvalue weighted by Crippen LogP contribution is 2.50. The van der Waals surface area contributed by atoms with Gasteiger partial charge in [-0.2, -0.15) is 0 Å². The number of nitrogens with zero attached hydrogens (tertiary/aromatic N) is 5. The minimum Gasteiger partial charge on any atom is -0.450 e. The number of fused-ring (bicyclic) bond motifs is 19. The average molecular weight is 910 g/mol. The number of pyridine rings is 1. The van der Waals surface area contributed by atoms with E-state index in [1.807, 2.05) is 41.9 Å². The first-order valence-electron chi connectivity index (χ1n) is 23.6. The molecule has 16 aromatic rings. The standard InChI is InChI=1S/C63H35N5OS/c1-2-14-38(15-3-1)62-65-57-48-28-23-37-13-6-7-17-43(37)59(48)69-60(57)63(66-62)68-51-29-25-40(33-49(51)56-58(68)46-19-9-8-18-45(46)55-47-20-10-11-21-54(47)70-61(55)56)41-24-27-44-50-35-64-31-30-52(50)67(53(44)34-41)42-26-22-36-12-4-5-16-39(36)32-42/h1-35H. The fourth-order valence-electron chi connectivity index (χ4n) is 11.4. The van der Waals surface area contributed by atoms with Crippen LogP contribution in [-0.4, -0.2) is 24.1 Å². The van der Waals surface area contributed by atoms with E-state index in [0.29, 0.717) is 17.2 Å². The molecule has 0 radical (unpaired) electrons. The maximum absolute atomic E-state index is 7.14. The van der Waals surface area contributed by atoms with Gasteiger partial charge in [-0.05, 0) is 81.2 Å². The molecular weight excluding hydrogens is 875 g/mol. The Labute approximate surface area is 402 Å². The number of aromatic nitrogens is 5. The lowest BCUT2D eigenvalue weighted by Crippen LogP contribution is -2.02. The SMILES string of the molecule is c1ccc(-c2nc(-n3c4ccc(-c5ccc6c7cnccc7n(-c7ccc8ccccc8c7)c6c5)cc4c4c5sc6ccccc6c5c5ccccc5c43)c3oc4c5ccccc5ccc4c3n2)cc1. The monoisotopic (exact) mass is 909 g/mol. The Hall–Kier alpha value is -9.17. The van der Waals surface area contributed by atoms with Gasteiger partial charge in [0.2, 0.25) is 0 Å². The summed E-state index contributed by atoms with van der Waals surface area (Å²) in [5, 5.41) is 15.1. The first-order chi connectivity index (χ1) is 34.7. The zero-order valence-corrected chi connectivity index (χ0v) is 38.1. The smallest absolute Gasteiger partial charge is 0.197 e. The summed E-state index contributed by atoms with van der Waals surface area (Å²) < 4.78 is 14.4. The molecule has 10 aromatic carbocycles. The second-order valence-electron chi connectivity index (χ2n) is 18.3. The maximum Gasteiger partial charge on any atom is 0.197 e. The van der Waals surface area contributed by atoms with Crippen LogP contribution in [0.15, 0.2) is 217 Å². The highest BCUT2D eigenvalue weighted by molar-refractivity contribution is 7.27. The van der Waals surface area contributed by atoms with Gasteiger partial charge in [0.1, 0.15) is 11.1 Å². The van der Waals surface area contributed by atoms with Crippen molar-refractivity contribution >= 4 is 130 Å². The Balaban J connectivity index is 1.04. The van der Waals surface area contributed by atoms with Crippen LogP contribution >= 0.6 is 11.3 Å². The summed E-state index contributed by atoms with van der Waals surface area (Å²) in [6.07, 6.45) is 3.89. The molecule has 0 saturated carbocycles. The molecule has 6 heterocycles. The second-order valence-corrected chi connectivity index (χ2v) is 19.4. The molecule has 0 spiro atoms. The van der Waals surface area contributed by atoms with Gasteiger partial charge in [-0.25, -0.2) is 9.97 Å². The van der Waals surface area contributed by atoms with E-state index in [9.17, 15) is 0 Å². The molecule has 0 aliphatic rings. The third-order valence-corrected chi connectivity index (χ3v) is 15.8. The summed E-state index contributed by atoms with van der Waals surface area (Å²) >= 11 is 1.87. The molecule has 0 unspecified atom stereocenters. The molecule has 6 nitrogen and oxygen atoms in total. The topological polar surface area (TPSA) is 61.7 Å². The molecule has 0 fully saturated rings. The largest absolute Gasteiger partial charge is 0.450 e. The molecule has 70 heavy (non-hydrogen) atoms. The zero-order chi connectivity index (χ0) is 45.6. The Kier molecular flexibility index (Phi) is 7.67. The molecule has 0 N–H and O–H groups in total. The highest BCUT2D eigenvalue weighted by atomic mass is 32.1. The van der Waals surface area contributed by atoms with Gasteiger partial charge in [-0.3, -0.25) is 9.55 Å². The molecular formula is C63H35N5OS. The number of hydrogen-bond acceptors (Lipinski definition) is 5. The van der Waals surface area contributed by atoms with Gasteiger partial charge in [0.25, 0.3) is 0 Å². The molecule has 324 valence electrons. The van der Waals surface area contributed by atoms with Gasteiger partial charge < -0.3 is 8.98 Å². The molecule has 0 saturated heterocycles. The van der Waals surface area contributed by atoms with E-state index < -0.39 is 0 Å². The maximum atomic E-state index is 7.14. The minimum atomic E-state index is 0.642. The predicted octanol–water partition coefficient (Wildman–Crippen LogP) is 17.1. The van der Waals surface area contributed by atoms with Crippen molar-refractivity contribution in [1.82, 2.24) is 24.1 Å². The summed E-state index contributed by atoms with van der Waals surface area (Å²) in [4.78, 5) is 15.5. The Morgan fingerprint density at radius 1 is 0.414 bits per heavy atom. The molecule has 0 aliphatic heterocycles. The average Bonchev–Trinajstić information content (AvgIpc) is 4.19. The van der Waals surface area contributed by atoms with E-state index in [1.165, 1.54) is 41.7 Å². The van der Waals surface area contributed by atoms with E-state index >= 15 is 0 Å². The Bertz CT molecular complexity index is 4900. The lowest BCUT2D eigenvalue weighted by molar-refractivity contribution is 0.666. The van der Waals surface area contributed by atoms with Crippen molar-refractivity contribution in [3.63, 3.8) is 0 Å². The van der Waals surface area contributed by atoms with Crippen molar-refractivity contribution < 1.29 is 4.42 Å². The first-order valence-corrected chi connectivity index (χ1v) is 24.4. The van der Waals surface area contributed by atoms with Crippen LogP contribution in [0.5, 0.6) is 0 Å². The van der Waals surface area contributed by atoms with E-state index in [0.717, 1.165) is 93.2 Å². The Morgan fingerprint density at radius 3 is 2.03 bits per heavy atom. The van der Waals surface area contributed by atoms with Crippen molar-refractivity contribution in [3.05, 3.63) is 213 Å². The Morgan fingerprint density at radius 2 is 1.13 bits per heavy atom. The number of rotatable bonds is 4. The summed E-state index contributed by atoms with van der Waals surface area (Å²) in [7, 11) is 0. The fourth-order valence-corrected chi connectivity index (χ4v) is 12.7. The molecule has 0 atom stereocenters. The fraction of sp³-hybridized carbons (Fsp3) is 0. The van der Waals surface area contributed by atoms with Gasteiger partial charge >= 0.3 is 0 Å². The van der Waals surface area contributed by atoms with Crippen LogP contribution < -0.4 is 0 Å². The number of thiophene rings is 1.